The van der Waals surface area contributed by atoms with Gasteiger partial charge >= 0.3 is 0 Å². The number of carbonyl (C=O) groups excluding carboxylic acids is 1. The quantitative estimate of drug-likeness (QED) is 0.551. The predicted octanol–water partition coefficient (Wildman–Crippen LogP) is 2.23. The van der Waals surface area contributed by atoms with Crippen molar-refractivity contribution in [2.24, 2.45) is 5.92 Å². The summed E-state index contributed by atoms with van der Waals surface area (Å²) in [5, 5.41) is 11.5. The molecule has 0 unspecified atom stereocenters. The standard InChI is InChI=1S/C18H24N2O7/c1-3-25-16-10-13(14(20(22)23)11-15(16)24-2)17(21)19-6-4-12(5-7-19)18-26-8-9-27-18/h10-12,18H,3-9H2,1-2H3. The fourth-order valence-electron chi connectivity index (χ4n) is 3.49. The maximum absolute atomic E-state index is 13.0. The summed E-state index contributed by atoms with van der Waals surface area (Å²) in [5.41, 5.74) is -0.277. The van der Waals surface area contributed by atoms with Gasteiger partial charge in [-0.2, -0.15) is 0 Å². The van der Waals surface area contributed by atoms with Crippen LogP contribution in [0.15, 0.2) is 12.1 Å². The van der Waals surface area contributed by atoms with Crippen molar-refractivity contribution in [1.29, 1.82) is 0 Å². The molecule has 1 amide bonds. The van der Waals surface area contributed by atoms with E-state index in [0.717, 1.165) is 12.8 Å². The van der Waals surface area contributed by atoms with Crippen molar-refractivity contribution in [3.63, 3.8) is 0 Å². The number of rotatable bonds is 6. The Morgan fingerprint density at radius 1 is 1.26 bits per heavy atom. The first kappa shape index (κ1) is 19.4. The molecule has 0 N–H and O–H groups in total. The summed E-state index contributed by atoms with van der Waals surface area (Å²) in [5.74, 6) is 0.407. The summed E-state index contributed by atoms with van der Waals surface area (Å²) in [7, 11) is 1.40. The molecule has 2 aliphatic rings. The van der Waals surface area contributed by atoms with Crippen molar-refractivity contribution >= 4 is 11.6 Å². The Labute approximate surface area is 157 Å². The van der Waals surface area contributed by atoms with Crippen LogP contribution in [0, 0.1) is 16.0 Å². The lowest BCUT2D eigenvalue weighted by Crippen LogP contribution is -2.41. The first-order chi connectivity index (χ1) is 13.0. The third kappa shape index (κ3) is 4.14. The molecule has 148 valence electrons. The Kier molecular flexibility index (Phi) is 6.12. The number of nitro benzene ring substituents is 1. The minimum absolute atomic E-state index is 0.0102. The number of ether oxygens (including phenoxy) is 4. The maximum atomic E-state index is 13.0. The van der Waals surface area contributed by atoms with Crippen molar-refractivity contribution in [2.75, 3.05) is 40.0 Å². The smallest absolute Gasteiger partial charge is 0.286 e. The molecule has 2 saturated heterocycles. The summed E-state index contributed by atoms with van der Waals surface area (Å²) < 4.78 is 21.7. The molecule has 0 aromatic heterocycles. The van der Waals surface area contributed by atoms with Crippen molar-refractivity contribution in [2.45, 2.75) is 26.1 Å². The summed E-state index contributed by atoms with van der Waals surface area (Å²) >= 11 is 0. The first-order valence-electron chi connectivity index (χ1n) is 9.06. The zero-order valence-electron chi connectivity index (χ0n) is 15.5. The SMILES string of the molecule is CCOc1cc(C(=O)N2CCC(C3OCCO3)CC2)c([N+](=O)[O-])cc1OC. The van der Waals surface area contributed by atoms with Gasteiger partial charge in [0.1, 0.15) is 5.56 Å². The van der Waals surface area contributed by atoms with Crippen LogP contribution in [-0.4, -0.2) is 62.0 Å². The number of hydrogen-bond donors (Lipinski definition) is 0. The Morgan fingerprint density at radius 2 is 1.93 bits per heavy atom. The summed E-state index contributed by atoms with van der Waals surface area (Å²) in [4.78, 5) is 25.5. The van der Waals surface area contributed by atoms with Gasteiger partial charge < -0.3 is 23.8 Å². The van der Waals surface area contributed by atoms with Gasteiger partial charge in [0, 0.05) is 25.1 Å². The number of hydrogen-bond acceptors (Lipinski definition) is 7. The molecule has 0 atom stereocenters. The van der Waals surface area contributed by atoms with Crippen LogP contribution in [0.3, 0.4) is 0 Å². The van der Waals surface area contributed by atoms with E-state index in [0.29, 0.717) is 38.7 Å². The first-order valence-corrected chi connectivity index (χ1v) is 9.06. The van der Waals surface area contributed by atoms with E-state index in [-0.39, 0.29) is 35.1 Å². The molecule has 0 saturated carbocycles. The van der Waals surface area contributed by atoms with Crippen LogP contribution in [-0.2, 0) is 9.47 Å². The average Bonchev–Trinajstić information content (AvgIpc) is 3.22. The van der Waals surface area contributed by atoms with Gasteiger partial charge in [-0.25, -0.2) is 0 Å². The number of carbonyl (C=O) groups is 1. The molecule has 2 aliphatic heterocycles. The second-order valence-corrected chi connectivity index (χ2v) is 6.45. The fraction of sp³-hybridized carbons (Fsp3) is 0.611. The number of benzene rings is 1. The second kappa shape index (κ2) is 8.53. The second-order valence-electron chi connectivity index (χ2n) is 6.45. The van der Waals surface area contributed by atoms with Gasteiger partial charge in [-0.1, -0.05) is 0 Å². The van der Waals surface area contributed by atoms with Gasteiger partial charge in [0.15, 0.2) is 17.8 Å². The van der Waals surface area contributed by atoms with Crippen molar-refractivity contribution in [1.82, 2.24) is 4.90 Å². The van der Waals surface area contributed by atoms with Crippen LogP contribution < -0.4 is 9.47 Å². The third-order valence-electron chi connectivity index (χ3n) is 4.87. The molecular weight excluding hydrogens is 356 g/mol. The molecule has 2 heterocycles. The topological polar surface area (TPSA) is 100 Å². The molecule has 0 radical (unpaired) electrons. The molecule has 3 rings (SSSR count). The lowest BCUT2D eigenvalue weighted by molar-refractivity contribution is -0.385. The van der Waals surface area contributed by atoms with Crippen LogP contribution in [0.5, 0.6) is 11.5 Å². The largest absolute Gasteiger partial charge is 0.493 e. The molecule has 0 spiro atoms. The summed E-state index contributed by atoms with van der Waals surface area (Å²) in [6.45, 7) is 4.35. The average molecular weight is 380 g/mol. The Balaban J connectivity index is 1.79. The highest BCUT2D eigenvalue weighted by Gasteiger charge is 2.34. The van der Waals surface area contributed by atoms with Gasteiger partial charge in [0.05, 0.1) is 37.9 Å². The summed E-state index contributed by atoms with van der Waals surface area (Å²) in [6, 6.07) is 2.64. The normalized spacial score (nSPS) is 18.5. The van der Waals surface area contributed by atoms with Crippen LogP contribution in [0.2, 0.25) is 0 Å². The van der Waals surface area contributed by atoms with Gasteiger partial charge in [0.2, 0.25) is 0 Å². The lowest BCUT2D eigenvalue weighted by Gasteiger charge is -2.33. The van der Waals surface area contributed by atoms with E-state index in [1.165, 1.54) is 19.2 Å². The number of likely N-dealkylation sites (tertiary alicyclic amines) is 1. The van der Waals surface area contributed by atoms with Gasteiger partial charge in [-0.05, 0) is 19.8 Å². The molecular formula is C18H24N2O7. The molecule has 9 nitrogen and oxygen atoms in total. The number of methoxy groups -OCH3 is 1. The highest BCUT2D eigenvalue weighted by atomic mass is 16.7. The van der Waals surface area contributed by atoms with Crippen molar-refractivity contribution in [3.05, 3.63) is 27.8 Å². The van der Waals surface area contributed by atoms with E-state index in [1.54, 1.807) is 11.8 Å². The van der Waals surface area contributed by atoms with Gasteiger partial charge in [0.25, 0.3) is 11.6 Å². The number of piperidine rings is 1. The molecule has 1 aromatic carbocycles. The van der Waals surface area contributed by atoms with E-state index in [9.17, 15) is 14.9 Å². The Morgan fingerprint density at radius 3 is 2.48 bits per heavy atom. The fourth-order valence-corrected chi connectivity index (χ4v) is 3.49. The minimum Gasteiger partial charge on any atom is -0.493 e. The Hall–Kier alpha value is -2.39. The lowest BCUT2D eigenvalue weighted by atomic mass is 9.95. The van der Waals surface area contributed by atoms with Crippen molar-refractivity contribution in [3.8, 4) is 11.5 Å². The highest BCUT2D eigenvalue weighted by Crippen LogP contribution is 2.36. The molecule has 2 fully saturated rings. The molecule has 0 aliphatic carbocycles. The van der Waals surface area contributed by atoms with E-state index in [1.807, 2.05) is 0 Å². The monoisotopic (exact) mass is 380 g/mol. The van der Waals surface area contributed by atoms with E-state index < -0.39 is 4.92 Å². The predicted molar refractivity (Wildman–Crippen MR) is 95.1 cm³/mol. The van der Waals surface area contributed by atoms with Gasteiger partial charge in [-0.15, -0.1) is 0 Å². The third-order valence-corrected chi connectivity index (χ3v) is 4.87. The molecule has 1 aromatic rings. The number of nitro groups is 1. The van der Waals surface area contributed by atoms with Crippen LogP contribution in [0.4, 0.5) is 5.69 Å². The molecule has 0 bridgehead atoms. The maximum Gasteiger partial charge on any atom is 0.286 e. The van der Waals surface area contributed by atoms with E-state index in [4.69, 9.17) is 18.9 Å². The van der Waals surface area contributed by atoms with Crippen molar-refractivity contribution < 1.29 is 28.7 Å². The number of nitrogens with zero attached hydrogens (tertiary/aromatic N) is 2. The zero-order chi connectivity index (χ0) is 19.4. The van der Waals surface area contributed by atoms with Gasteiger partial charge in [-0.3, -0.25) is 14.9 Å². The van der Waals surface area contributed by atoms with Crippen LogP contribution >= 0.6 is 0 Å². The molecule has 27 heavy (non-hydrogen) atoms. The van der Waals surface area contributed by atoms with E-state index in [2.05, 4.69) is 0 Å². The molecule has 9 heteroatoms. The Bertz CT molecular complexity index is 695. The van der Waals surface area contributed by atoms with Crippen LogP contribution in [0.25, 0.3) is 0 Å². The minimum atomic E-state index is -0.571. The summed E-state index contributed by atoms with van der Waals surface area (Å²) in [6.07, 6.45) is 1.26. The highest BCUT2D eigenvalue weighted by molar-refractivity contribution is 5.99. The number of amides is 1. The van der Waals surface area contributed by atoms with E-state index >= 15 is 0 Å². The zero-order valence-corrected chi connectivity index (χ0v) is 15.5. The van der Waals surface area contributed by atoms with Crippen LogP contribution in [0.1, 0.15) is 30.1 Å².